The van der Waals surface area contributed by atoms with Gasteiger partial charge >= 0.3 is 5.97 Å². The van der Waals surface area contributed by atoms with Gasteiger partial charge in [0.2, 0.25) is 5.91 Å². The molecule has 156 valence electrons. The summed E-state index contributed by atoms with van der Waals surface area (Å²) >= 11 is 0. The zero-order chi connectivity index (χ0) is 22.3. The Labute approximate surface area is 175 Å². The van der Waals surface area contributed by atoms with Crippen LogP contribution in [0.5, 0.6) is 5.75 Å². The van der Waals surface area contributed by atoms with Gasteiger partial charge in [0.1, 0.15) is 17.4 Å². The van der Waals surface area contributed by atoms with Gasteiger partial charge in [0.05, 0.1) is 22.5 Å². The molecule has 10 nitrogen and oxygen atoms in total. The van der Waals surface area contributed by atoms with Crippen molar-refractivity contribution in [3.63, 3.8) is 0 Å². The maximum Gasteiger partial charge on any atom is 0.339 e. The topological polar surface area (TPSA) is 149 Å². The fraction of sp³-hybridized carbons (Fsp3) is 0.143. The first-order valence-electron chi connectivity index (χ1n) is 9.25. The van der Waals surface area contributed by atoms with Crippen LogP contribution in [0, 0.1) is 0 Å². The third kappa shape index (κ3) is 3.44. The second kappa shape index (κ2) is 7.48. The van der Waals surface area contributed by atoms with Crippen LogP contribution >= 0.6 is 0 Å². The molecule has 1 atom stereocenters. The van der Waals surface area contributed by atoms with E-state index in [0.717, 1.165) is 11.0 Å². The number of phenols is 1. The summed E-state index contributed by atoms with van der Waals surface area (Å²) in [4.78, 5) is 50.3. The molecule has 1 unspecified atom stereocenters. The minimum atomic E-state index is -1.33. The van der Waals surface area contributed by atoms with E-state index in [2.05, 4.69) is 22.1 Å². The van der Waals surface area contributed by atoms with Gasteiger partial charge in [-0.3, -0.25) is 19.3 Å². The number of azo groups is 1. The fourth-order valence-corrected chi connectivity index (χ4v) is 3.53. The molecule has 3 amide bonds. The number of allylic oxidation sites excluding steroid dienone is 1. The number of amides is 3. The van der Waals surface area contributed by atoms with Gasteiger partial charge in [0, 0.05) is 5.70 Å². The SMILES string of the molecule is C=C1CCC(N2C(=O)c3cccc(N=Nc4ccc(O)c(C(=O)O)c4)c3C2=O)C(=O)N1. The average Bonchev–Trinajstić information content (AvgIpc) is 2.98. The van der Waals surface area contributed by atoms with E-state index in [9.17, 15) is 24.3 Å². The number of fused-ring (bicyclic) bond motifs is 1. The highest BCUT2D eigenvalue weighted by atomic mass is 16.4. The quantitative estimate of drug-likeness (QED) is 0.511. The largest absolute Gasteiger partial charge is 0.507 e. The molecule has 0 spiro atoms. The highest BCUT2D eigenvalue weighted by molar-refractivity contribution is 6.24. The molecule has 31 heavy (non-hydrogen) atoms. The Bertz CT molecular complexity index is 1200. The molecule has 2 heterocycles. The number of nitrogens with one attached hydrogen (secondary N) is 1. The molecule has 1 saturated heterocycles. The van der Waals surface area contributed by atoms with Crippen LogP contribution in [0.4, 0.5) is 11.4 Å². The van der Waals surface area contributed by atoms with Crippen molar-refractivity contribution in [1.29, 1.82) is 0 Å². The standard InChI is InChI=1S/C21H16N4O6/c1-10-5-7-15(18(27)22-10)25-19(28)12-3-2-4-14(17(12)20(25)29)24-23-11-6-8-16(26)13(9-11)21(30)31/h2-4,6,8-9,15,26H,1,5,7H2,(H,22,27)(H,30,31). The molecule has 0 radical (unpaired) electrons. The van der Waals surface area contributed by atoms with Crippen molar-refractivity contribution in [3.05, 3.63) is 65.4 Å². The minimum Gasteiger partial charge on any atom is -0.507 e. The maximum atomic E-state index is 13.0. The Morgan fingerprint density at radius 1 is 1.13 bits per heavy atom. The molecule has 4 rings (SSSR count). The molecule has 0 aromatic heterocycles. The van der Waals surface area contributed by atoms with Crippen molar-refractivity contribution in [1.82, 2.24) is 10.2 Å². The number of carbonyl (C=O) groups is 4. The third-order valence-corrected chi connectivity index (χ3v) is 5.04. The number of aromatic carboxylic acids is 1. The second-order valence-electron chi connectivity index (χ2n) is 7.03. The first-order chi connectivity index (χ1) is 14.8. The monoisotopic (exact) mass is 420 g/mol. The van der Waals surface area contributed by atoms with Crippen molar-refractivity contribution in [2.24, 2.45) is 10.2 Å². The Kier molecular flexibility index (Phi) is 4.82. The van der Waals surface area contributed by atoms with E-state index in [1.807, 2.05) is 0 Å². The zero-order valence-corrected chi connectivity index (χ0v) is 16.0. The van der Waals surface area contributed by atoms with Crippen LogP contribution in [0.2, 0.25) is 0 Å². The summed E-state index contributed by atoms with van der Waals surface area (Å²) < 4.78 is 0. The highest BCUT2D eigenvalue weighted by Gasteiger charge is 2.45. The number of imide groups is 1. The van der Waals surface area contributed by atoms with Crippen molar-refractivity contribution < 1.29 is 29.4 Å². The number of hydrogen-bond donors (Lipinski definition) is 3. The molecule has 0 aliphatic carbocycles. The van der Waals surface area contributed by atoms with Gasteiger partial charge in [-0.25, -0.2) is 4.79 Å². The summed E-state index contributed by atoms with van der Waals surface area (Å²) in [5.41, 5.74) is 0.538. The molecule has 1 fully saturated rings. The second-order valence-corrected chi connectivity index (χ2v) is 7.03. The number of carboxylic acids is 1. The number of hydrogen-bond acceptors (Lipinski definition) is 7. The van der Waals surface area contributed by atoms with Crippen LogP contribution in [0.3, 0.4) is 0 Å². The number of carboxylic acid groups (broad SMARTS) is 1. The maximum absolute atomic E-state index is 13.0. The lowest BCUT2D eigenvalue weighted by Crippen LogP contribution is -2.51. The molecular formula is C21H16N4O6. The van der Waals surface area contributed by atoms with Gasteiger partial charge in [0.25, 0.3) is 11.8 Å². The first kappa shape index (κ1) is 20.0. The number of benzene rings is 2. The predicted molar refractivity (Wildman–Crippen MR) is 106 cm³/mol. The molecule has 0 bridgehead atoms. The van der Waals surface area contributed by atoms with Crippen LogP contribution in [0.15, 0.2) is 58.9 Å². The molecular weight excluding hydrogens is 404 g/mol. The van der Waals surface area contributed by atoms with Crippen molar-refractivity contribution in [2.45, 2.75) is 18.9 Å². The van der Waals surface area contributed by atoms with E-state index < -0.39 is 35.5 Å². The molecule has 2 aromatic carbocycles. The van der Waals surface area contributed by atoms with Gasteiger partial charge < -0.3 is 15.5 Å². The van der Waals surface area contributed by atoms with Crippen LogP contribution in [0.1, 0.15) is 43.9 Å². The Morgan fingerprint density at radius 3 is 2.61 bits per heavy atom. The molecule has 2 aliphatic heterocycles. The van der Waals surface area contributed by atoms with E-state index >= 15 is 0 Å². The highest BCUT2D eigenvalue weighted by Crippen LogP contribution is 2.35. The summed E-state index contributed by atoms with van der Waals surface area (Å²) in [6.45, 7) is 3.69. The van der Waals surface area contributed by atoms with E-state index in [1.165, 1.54) is 30.3 Å². The summed E-state index contributed by atoms with van der Waals surface area (Å²) in [5.74, 6) is -3.47. The summed E-state index contributed by atoms with van der Waals surface area (Å²) in [6, 6.07) is 7.19. The Hall–Kier alpha value is -4.34. The molecule has 3 N–H and O–H groups in total. The van der Waals surface area contributed by atoms with Gasteiger partial charge in [-0.15, -0.1) is 5.11 Å². The predicted octanol–water partition coefficient (Wildman–Crippen LogP) is 2.89. The van der Waals surface area contributed by atoms with E-state index in [-0.39, 0.29) is 34.5 Å². The van der Waals surface area contributed by atoms with Gasteiger partial charge in [-0.1, -0.05) is 12.6 Å². The van der Waals surface area contributed by atoms with Crippen molar-refractivity contribution >= 4 is 35.1 Å². The minimum absolute atomic E-state index is 0.0192. The lowest BCUT2D eigenvalue weighted by molar-refractivity contribution is -0.125. The lowest BCUT2D eigenvalue weighted by atomic mass is 10.0. The average molecular weight is 420 g/mol. The zero-order valence-electron chi connectivity index (χ0n) is 16.0. The number of aromatic hydroxyl groups is 1. The number of nitrogens with zero attached hydrogens (tertiary/aromatic N) is 3. The smallest absolute Gasteiger partial charge is 0.339 e. The summed E-state index contributed by atoms with van der Waals surface area (Å²) in [7, 11) is 0. The Morgan fingerprint density at radius 2 is 1.90 bits per heavy atom. The van der Waals surface area contributed by atoms with Gasteiger partial charge in [-0.2, -0.15) is 5.11 Å². The van der Waals surface area contributed by atoms with Crippen molar-refractivity contribution in [3.8, 4) is 5.75 Å². The number of piperidine rings is 1. The van der Waals surface area contributed by atoms with Crippen molar-refractivity contribution in [2.75, 3.05) is 0 Å². The van der Waals surface area contributed by atoms with E-state index in [1.54, 1.807) is 0 Å². The van der Waals surface area contributed by atoms with Crippen LogP contribution in [-0.4, -0.2) is 44.8 Å². The normalized spacial score (nSPS) is 18.5. The molecule has 0 saturated carbocycles. The van der Waals surface area contributed by atoms with Crippen LogP contribution in [-0.2, 0) is 4.79 Å². The van der Waals surface area contributed by atoms with Gasteiger partial charge in [0.15, 0.2) is 0 Å². The van der Waals surface area contributed by atoms with E-state index in [4.69, 9.17) is 5.11 Å². The molecule has 2 aliphatic rings. The number of rotatable bonds is 4. The van der Waals surface area contributed by atoms with Crippen LogP contribution in [0.25, 0.3) is 0 Å². The fourth-order valence-electron chi connectivity index (χ4n) is 3.53. The van der Waals surface area contributed by atoms with E-state index in [0.29, 0.717) is 12.1 Å². The summed E-state index contributed by atoms with van der Waals surface area (Å²) in [5, 5.41) is 29.2. The number of carbonyl (C=O) groups excluding carboxylic acids is 3. The first-order valence-corrected chi connectivity index (χ1v) is 9.25. The molecule has 10 heteroatoms. The Balaban J connectivity index is 1.67. The lowest BCUT2D eigenvalue weighted by Gasteiger charge is -2.29. The third-order valence-electron chi connectivity index (χ3n) is 5.04. The summed E-state index contributed by atoms with van der Waals surface area (Å²) in [6.07, 6.45) is 0.724. The van der Waals surface area contributed by atoms with Crippen LogP contribution < -0.4 is 5.32 Å². The molecule has 2 aromatic rings. The van der Waals surface area contributed by atoms with Gasteiger partial charge in [-0.05, 0) is 43.2 Å².